The average molecular weight is 435 g/mol. The Morgan fingerprint density at radius 1 is 1.09 bits per heavy atom. The van der Waals surface area contributed by atoms with Crippen LogP contribution in [0.5, 0.6) is 0 Å². The molecule has 1 unspecified atom stereocenters. The van der Waals surface area contributed by atoms with Crippen molar-refractivity contribution in [2.75, 3.05) is 13.1 Å². The third kappa shape index (κ3) is 4.38. The van der Waals surface area contributed by atoms with Crippen LogP contribution in [0.15, 0.2) is 35.1 Å². The first-order valence-electron chi connectivity index (χ1n) is 12.3. The lowest BCUT2D eigenvalue weighted by Gasteiger charge is -2.38. The summed E-state index contributed by atoms with van der Waals surface area (Å²) in [4.78, 5) is 38.5. The molecule has 2 fully saturated rings. The second-order valence-corrected chi connectivity index (χ2v) is 9.92. The fraction of sp³-hybridized carbons (Fsp3) is 0.577. The van der Waals surface area contributed by atoms with Crippen LogP contribution in [0.1, 0.15) is 74.1 Å². The topological polar surface area (TPSA) is 69.3 Å². The maximum Gasteiger partial charge on any atom is 0.255 e. The summed E-state index contributed by atoms with van der Waals surface area (Å²) in [7, 11) is 0. The van der Waals surface area contributed by atoms with E-state index in [9.17, 15) is 9.59 Å². The van der Waals surface area contributed by atoms with Gasteiger partial charge in [0.05, 0.1) is 23.7 Å². The Morgan fingerprint density at radius 2 is 1.88 bits per heavy atom. The van der Waals surface area contributed by atoms with E-state index >= 15 is 0 Å². The molecule has 1 amide bonds. The van der Waals surface area contributed by atoms with E-state index in [1.165, 1.54) is 25.7 Å². The third-order valence-corrected chi connectivity index (χ3v) is 7.71. The van der Waals surface area contributed by atoms with Crippen LogP contribution in [0, 0.1) is 5.92 Å². The number of carbonyl (C=O) groups excluding carboxylic acids is 1. The third-order valence-electron chi connectivity index (χ3n) is 7.71. The zero-order valence-electron chi connectivity index (χ0n) is 19.1. The highest BCUT2D eigenvalue weighted by Gasteiger charge is 2.34. The molecule has 2 aliphatic heterocycles. The fourth-order valence-corrected chi connectivity index (χ4v) is 5.76. The Morgan fingerprint density at radius 3 is 2.66 bits per heavy atom. The molecular weight excluding hydrogens is 400 g/mol. The van der Waals surface area contributed by atoms with Gasteiger partial charge < -0.3 is 9.88 Å². The smallest absolute Gasteiger partial charge is 0.255 e. The Kier molecular flexibility index (Phi) is 6.13. The molecule has 1 aromatic heterocycles. The molecule has 0 spiro atoms. The molecule has 3 heterocycles. The summed E-state index contributed by atoms with van der Waals surface area (Å²) in [5, 5.41) is 0. The molecular formula is C26H34N4O2. The van der Waals surface area contributed by atoms with Crippen LogP contribution in [-0.2, 0) is 24.2 Å². The highest BCUT2D eigenvalue weighted by atomic mass is 16.2. The van der Waals surface area contributed by atoms with Crippen LogP contribution in [0.4, 0.5) is 0 Å². The van der Waals surface area contributed by atoms with Crippen LogP contribution in [0.3, 0.4) is 0 Å². The van der Waals surface area contributed by atoms with E-state index in [1.807, 2.05) is 35.2 Å². The van der Waals surface area contributed by atoms with Gasteiger partial charge in [-0.3, -0.25) is 14.5 Å². The van der Waals surface area contributed by atoms with E-state index in [1.54, 1.807) is 0 Å². The molecule has 1 aromatic carbocycles. The molecule has 1 saturated carbocycles. The number of nitrogens with zero attached hydrogens (tertiary/aromatic N) is 3. The minimum absolute atomic E-state index is 0.0127. The van der Waals surface area contributed by atoms with Crippen molar-refractivity contribution in [2.24, 2.45) is 5.92 Å². The van der Waals surface area contributed by atoms with Gasteiger partial charge in [-0.05, 0) is 50.0 Å². The molecule has 32 heavy (non-hydrogen) atoms. The van der Waals surface area contributed by atoms with E-state index in [2.05, 4.69) is 16.8 Å². The predicted octanol–water partition coefficient (Wildman–Crippen LogP) is 3.61. The van der Waals surface area contributed by atoms with Crippen LogP contribution in [0.25, 0.3) is 0 Å². The van der Waals surface area contributed by atoms with Crippen molar-refractivity contribution in [1.82, 2.24) is 19.8 Å². The quantitative estimate of drug-likeness (QED) is 0.798. The van der Waals surface area contributed by atoms with Crippen molar-refractivity contribution < 1.29 is 4.79 Å². The number of hydrogen-bond donors (Lipinski definition) is 1. The molecule has 3 aliphatic rings. The van der Waals surface area contributed by atoms with E-state index in [0.29, 0.717) is 24.8 Å². The van der Waals surface area contributed by atoms with Crippen LogP contribution >= 0.6 is 0 Å². The van der Waals surface area contributed by atoms with Gasteiger partial charge >= 0.3 is 0 Å². The lowest BCUT2D eigenvalue weighted by molar-refractivity contribution is -0.131. The monoisotopic (exact) mass is 434 g/mol. The van der Waals surface area contributed by atoms with Gasteiger partial charge in [-0.2, -0.15) is 0 Å². The van der Waals surface area contributed by atoms with Gasteiger partial charge in [0.1, 0.15) is 5.82 Å². The summed E-state index contributed by atoms with van der Waals surface area (Å²) in [5.41, 5.74) is 2.78. The molecule has 1 N–H and O–H groups in total. The van der Waals surface area contributed by atoms with Crippen molar-refractivity contribution in [3.63, 3.8) is 0 Å². The van der Waals surface area contributed by atoms with Crippen molar-refractivity contribution in [2.45, 2.75) is 76.9 Å². The lowest BCUT2D eigenvalue weighted by Crippen LogP contribution is -2.44. The SMILES string of the molecule is CC1CCC(N2CCc3nc(C4CCCN4C(=O)Cc4ccccc4)[nH]c(=O)c3C2)CC1. The van der Waals surface area contributed by atoms with E-state index in [-0.39, 0.29) is 17.5 Å². The molecule has 6 nitrogen and oxygen atoms in total. The van der Waals surface area contributed by atoms with Crippen molar-refractivity contribution in [1.29, 1.82) is 0 Å². The maximum absolute atomic E-state index is 13.1. The van der Waals surface area contributed by atoms with Crippen molar-refractivity contribution in [3.05, 3.63) is 63.3 Å². The second-order valence-electron chi connectivity index (χ2n) is 9.92. The maximum atomic E-state index is 13.1. The zero-order valence-corrected chi connectivity index (χ0v) is 19.1. The van der Waals surface area contributed by atoms with Crippen LogP contribution in [0.2, 0.25) is 0 Å². The van der Waals surface area contributed by atoms with Gasteiger partial charge in [0.25, 0.3) is 5.56 Å². The van der Waals surface area contributed by atoms with Gasteiger partial charge in [0, 0.05) is 32.1 Å². The van der Waals surface area contributed by atoms with E-state index in [4.69, 9.17) is 4.98 Å². The number of rotatable bonds is 4. The zero-order chi connectivity index (χ0) is 22.1. The number of H-pyrrole nitrogens is 1. The standard InChI is InChI=1S/C26H34N4O2/c1-18-9-11-20(12-10-18)29-15-13-22-21(17-29)26(32)28-25(27-22)23-8-5-14-30(23)24(31)16-19-6-3-2-4-7-19/h2-4,6-7,18,20,23H,5,8-17H2,1H3,(H,27,28,32). The number of hydrogen-bond acceptors (Lipinski definition) is 4. The molecule has 2 aromatic rings. The fourth-order valence-electron chi connectivity index (χ4n) is 5.76. The predicted molar refractivity (Wildman–Crippen MR) is 124 cm³/mol. The molecule has 0 radical (unpaired) electrons. The molecule has 5 rings (SSSR count). The Bertz CT molecular complexity index is 1010. The molecule has 1 atom stereocenters. The number of aromatic amines is 1. The normalized spacial score (nSPS) is 26.2. The summed E-state index contributed by atoms with van der Waals surface area (Å²) in [6.07, 6.45) is 8.06. The lowest BCUT2D eigenvalue weighted by atomic mass is 9.86. The second kappa shape index (κ2) is 9.18. The molecule has 6 heteroatoms. The summed E-state index contributed by atoms with van der Waals surface area (Å²) >= 11 is 0. The Balaban J connectivity index is 1.31. The first-order valence-corrected chi connectivity index (χ1v) is 12.3. The van der Waals surface area contributed by atoms with Gasteiger partial charge in [-0.15, -0.1) is 0 Å². The van der Waals surface area contributed by atoms with E-state index in [0.717, 1.165) is 55.1 Å². The summed E-state index contributed by atoms with van der Waals surface area (Å²) in [6, 6.07) is 10.3. The first-order chi connectivity index (χ1) is 15.6. The van der Waals surface area contributed by atoms with Gasteiger partial charge in [-0.1, -0.05) is 37.3 Å². The average Bonchev–Trinajstić information content (AvgIpc) is 3.30. The highest BCUT2D eigenvalue weighted by molar-refractivity contribution is 5.79. The minimum Gasteiger partial charge on any atom is -0.332 e. The number of fused-ring (bicyclic) bond motifs is 1. The number of benzene rings is 1. The number of amides is 1. The van der Waals surface area contributed by atoms with E-state index < -0.39 is 0 Å². The van der Waals surface area contributed by atoms with Crippen LogP contribution in [-0.4, -0.2) is 44.8 Å². The summed E-state index contributed by atoms with van der Waals surface area (Å²) < 4.78 is 0. The van der Waals surface area contributed by atoms with Gasteiger partial charge in [0.15, 0.2) is 0 Å². The first kappa shape index (κ1) is 21.4. The summed E-state index contributed by atoms with van der Waals surface area (Å²) in [6.45, 7) is 4.75. The number of aromatic nitrogens is 2. The van der Waals surface area contributed by atoms with Crippen molar-refractivity contribution >= 4 is 5.91 Å². The van der Waals surface area contributed by atoms with Crippen LogP contribution < -0.4 is 5.56 Å². The van der Waals surface area contributed by atoms with Gasteiger partial charge in [-0.25, -0.2) is 4.98 Å². The molecule has 1 saturated heterocycles. The Hall–Kier alpha value is -2.47. The number of likely N-dealkylation sites (tertiary alicyclic amines) is 1. The highest BCUT2D eigenvalue weighted by Crippen LogP contribution is 2.32. The summed E-state index contributed by atoms with van der Waals surface area (Å²) in [5.74, 6) is 1.61. The Labute approximate surface area is 190 Å². The molecule has 170 valence electrons. The number of carbonyl (C=O) groups is 1. The molecule has 0 bridgehead atoms. The van der Waals surface area contributed by atoms with Crippen molar-refractivity contribution in [3.8, 4) is 0 Å². The number of nitrogens with one attached hydrogen (secondary N) is 1. The van der Waals surface area contributed by atoms with Gasteiger partial charge in [0.2, 0.25) is 5.91 Å². The minimum atomic E-state index is -0.123. The molecule has 1 aliphatic carbocycles. The largest absolute Gasteiger partial charge is 0.332 e.